The zero-order chi connectivity index (χ0) is 14.2. The number of para-hydroxylation sites is 1. The molecule has 0 unspecified atom stereocenters. The number of fused-ring (bicyclic) bond motifs is 3. The number of nitrogens with one attached hydrogen (secondary N) is 1. The van der Waals surface area contributed by atoms with Gasteiger partial charge in [0.2, 0.25) is 0 Å². The number of aromatic nitrogens is 1. The Bertz CT molecular complexity index is 619. The second-order valence-electron chi connectivity index (χ2n) is 5.57. The molecule has 0 fully saturated rings. The first-order valence-corrected chi connectivity index (χ1v) is 7.93. The minimum atomic E-state index is -0.301. The van der Waals surface area contributed by atoms with Crippen LogP contribution in [0.2, 0.25) is 0 Å². The Kier molecular flexibility index (Phi) is 3.52. The van der Waals surface area contributed by atoms with E-state index in [2.05, 4.69) is 32.2 Å². The maximum absolute atomic E-state index is 6.13. The zero-order valence-corrected chi connectivity index (χ0v) is 13.0. The molecule has 1 N–H and O–H groups in total. The van der Waals surface area contributed by atoms with E-state index in [9.17, 15) is 0 Å². The van der Waals surface area contributed by atoms with E-state index in [4.69, 9.17) is 9.72 Å². The number of benzene rings is 1. The molecule has 1 aliphatic rings. The normalized spacial score (nSPS) is 15.3. The third-order valence-corrected chi connectivity index (χ3v) is 4.79. The lowest BCUT2D eigenvalue weighted by Gasteiger charge is -2.31. The van der Waals surface area contributed by atoms with Gasteiger partial charge in [0.15, 0.2) is 0 Å². The number of ether oxygens (including phenoxy) is 1. The Morgan fingerprint density at radius 1 is 1.30 bits per heavy atom. The molecular weight excluding hydrogens is 268 g/mol. The van der Waals surface area contributed by atoms with E-state index in [-0.39, 0.29) is 5.60 Å². The fraction of sp³-hybridized carbons (Fsp3) is 0.438. The highest BCUT2D eigenvalue weighted by Crippen LogP contribution is 2.46. The molecule has 0 aliphatic carbocycles. The quantitative estimate of drug-likeness (QED) is 0.865. The predicted octanol–water partition coefficient (Wildman–Crippen LogP) is 3.94. The van der Waals surface area contributed by atoms with Gasteiger partial charge in [-0.05, 0) is 38.9 Å². The summed E-state index contributed by atoms with van der Waals surface area (Å²) in [4.78, 5) is 6.06. The lowest BCUT2D eigenvalue weighted by atomic mass is 9.97. The Morgan fingerprint density at radius 3 is 2.90 bits per heavy atom. The minimum Gasteiger partial charge on any atom is -0.482 e. The summed E-state index contributed by atoms with van der Waals surface area (Å²) in [5, 5.41) is 4.55. The summed E-state index contributed by atoms with van der Waals surface area (Å²) in [5.74, 6) is 0.934. The molecule has 1 aromatic carbocycles. The summed E-state index contributed by atoms with van der Waals surface area (Å²) in [5.41, 5.74) is 1.90. The van der Waals surface area contributed by atoms with Gasteiger partial charge in [0.1, 0.15) is 16.4 Å². The first kappa shape index (κ1) is 13.6. The van der Waals surface area contributed by atoms with Gasteiger partial charge in [0, 0.05) is 12.1 Å². The molecule has 0 saturated heterocycles. The van der Waals surface area contributed by atoms with Crippen molar-refractivity contribution in [1.29, 1.82) is 0 Å². The molecular formula is C16H20N2OS. The van der Waals surface area contributed by atoms with Crippen LogP contribution >= 0.6 is 11.3 Å². The molecule has 20 heavy (non-hydrogen) atoms. The van der Waals surface area contributed by atoms with Crippen LogP contribution in [0.15, 0.2) is 24.3 Å². The van der Waals surface area contributed by atoms with Crippen LogP contribution in [0.25, 0.3) is 11.3 Å². The van der Waals surface area contributed by atoms with Crippen molar-refractivity contribution >= 4 is 11.3 Å². The van der Waals surface area contributed by atoms with Gasteiger partial charge in [0.05, 0.1) is 10.6 Å². The number of hydrogen-bond acceptors (Lipinski definition) is 4. The van der Waals surface area contributed by atoms with Crippen molar-refractivity contribution in [3.8, 4) is 17.0 Å². The van der Waals surface area contributed by atoms with E-state index >= 15 is 0 Å². The summed E-state index contributed by atoms with van der Waals surface area (Å²) in [6.07, 6.45) is 1.14. The van der Waals surface area contributed by atoms with Gasteiger partial charge in [-0.25, -0.2) is 4.98 Å². The van der Waals surface area contributed by atoms with E-state index in [0.29, 0.717) is 0 Å². The SMILES string of the molecule is CCCNCc1nc2c(s1)C(C)(C)Oc1ccccc1-2. The van der Waals surface area contributed by atoms with Gasteiger partial charge >= 0.3 is 0 Å². The average Bonchev–Trinajstić information content (AvgIpc) is 2.84. The summed E-state index contributed by atoms with van der Waals surface area (Å²) in [7, 11) is 0. The lowest BCUT2D eigenvalue weighted by molar-refractivity contribution is 0.109. The molecule has 0 amide bonds. The molecule has 2 aromatic rings. The topological polar surface area (TPSA) is 34.2 Å². The van der Waals surface area contributed by atoms with E-state index in [1.807, 2.05) is 18.2 Å². The molecule has 0 bridgehead atoms. The second kappa shape index (κ2) is 5.19. The van der Waals surface area contributed by atoms with Crippen molar-refractivity contribution in [2.45, 2.75) is 39.3 Å². The lowest BCUT2D eigenvalue weighted by Crippen LogP contribution is -2.27. The first-order chi connectivity index (χ1) is 9.62. The van der Waals surface area contributed by atoms with Gasteiger partial charge in [-0.15, -0.1) is 11.3 Å². The average molecular weight is 288 g/mol. The molecule has 2 heterocycles. The van der Waals surface area contributed by atoms with Crippen LogP contribution in [0.4, 0.5) is 0 Å². The van der Waals surface area contributed by atoms with Crippen molar-refractivity contribution in [2.24, 2.45) is 0 Å². The van der Waals surface area contributed by atoms with Crippen LogP contribution in [-0.4, -0.2) is 11.5 Å². The van der Waals surface area contributed by atoms with Crippen LogP contribution in [-0.2, 0) is 12.1 Å². The molecule has 3 nitrogen and oxygen atoms in total. The van der Waals surface area contributed by atoms with Crippen molar-refractivity contribution < 1.29 is 4.74 Å². The molecule has 0 spiro atoms. The third-order valence-electron chi connectivity index (χ3n) is 3.43. The highest BCUT2D eigenvalue weighted by atomic mass is 32.1. The van der Waals surface area contributed by atoms with Gasteiger partial charge in [-0.1, -0.05) is 19.1 Å². The Balaban J connectivity index is 1.99. The molecule has 0 saturated carbocycles. The summed E-state index contributed by atoms with van der Waals surface area (Å²) in [6, 6.07) is 8.16. The zero-order valence-electron chi connectivity index (χ0n) is 12.2. The molecule has 0 atom stereocenters. The van der Waals surface area contributed by atoms with Crippen LogP contribution < -0.4 is 10.1 Å². The smallest absolute Gasteiger partial charge is 0.140 e. The van der Waals surface area contributed by atoms with Crippen LogP contribution in [0.5, 0.6) is 5.75 Å². The maximum atomic E-state index is 6.13. The minimum absolute atomic E-state index is 0.301. The highest BCUT2D eigenvalue weighted by molar-refractivity contribution is 7.12. The Hall–Kier alpha value is -1.39. The van der Waals surface area contributed by atoms with Gasteiger partial charge in [-0.2, -0.15) is 0 Å². The number of thiazole rings is 1. The van der Waals surface area contributed by atoms with Gasteiger partial charge < -0.3 is 10.1 Å². The molecule has 1 aliphatic heterocycles. The number of rotatable bonds is 4. The molecule has 1 aromatic heterocycles. The van der Waals surface area contributed by atoms with E-state index < -0.39 is 0 Å². The molecule has 106 valence electrons. The predicted molar refractivity (Wildman–Crippen MR) is 83.2 cm³/mol. The van der Waals surface area contributed by atoms with Gasteiger partial charge in [-0.3, -0.25) is 0 Å². The third kappa shape index (κ3) is 2.34. The van der Waals surface area contributed by atoms with E-state index in [0.717, 1.165) is 41.5 Å². The Labute approximate surface area is 124 Å². The second-order valence-corrected chi connectivity index (χ2v) is 6.65. The van der Waals surface area contributed by atoms with E-state index in [1.165, 1.54) is 4.88 Å². The van der Waals surface area contributed by atoms with Crippen molar-refractivity contribution in [1.82, 2.24) is 10.3 Å². The summed E-state index contributed by atoms with van der Waals surface area (Å²) < 4.78 is 6.13. The monoisotopic (exact) mass is 288 g/mol. The van der Waals surface area contributed by atoms with Crippen LogP contribution in [0.1, 0.15) is 37.1 Å². The number of nitrogens with zero attached hydrogens (tertiary/aromatic N) is 1. The number of hydrogen-bond donors (Lipinski definition) is 1. The maximum Gasteiger partial charge on any atom is 0.140 e. The van der Waals surface area contributed by atoms with Crippen molar-refractivity contribution in [3.05, 3.63) is 34.2 Å². The first-order valence-electron chi connectivity index (χ1n) is 7.11. The van der Waals surface area contributed by atoms with Crippen LogP contribution in [0, 0.1) is 0 Å². The van der Waals surface area contributed by atoms with E-state index in [1.54, 1.807) is 11.3 Å². The highest BCUT2D eigenvalue weighted by Gasteiger charge is 2.35. The van der Waals surface area contributed by atoms with Crippen molar-refractivity contribution in [3.63, 3.8) is 0 Å². The summed E-state index contributed by atoms with van der Waals surface area (Å²) in [6.45, 7) is 8.27. The molecule has 4 heteroatoms. The largest absolute Gasteiger partial charge is 0.482 e. The fourth-order valence-corrected chi connectivity index (χ4v) is 3.56. The molecule has 0 radical (unpaired) electrons. The summed E-state index contributed by atoms with van der Waals surface area (Å²) >= 11 is 1.76. The Morgan fingerprint density at radius 2 is 2.10 bits per heavy atom. The van der Waals surface area contributed by atoms with Gasteiger partial charge in [0.25, 0.3) is 0 Å². The standard InChI is InChI=1S/C16H20N2OS/c1-4-9-17-10-13-18-14-11-7-5-6-8-12(11)19-16(2,3)15(14)20-13/h5-8,17H,4,9-10H2,1-3H3. The van der Waals surface area contributed by atoms with Crippen LogP contribution in [0.3, 0.4) is 0 Å². The molecule has 3 rings (SSSR count). The van der Waals surface area contributed by atoms with Crippen molar-refractivity contribution in [2.75, 3.05) is 6.54 Å². The fourth-order valence-electron chi connectivity index (χ4n) is 2.48.